The predicted molar refractivity (Wildman–Crippen MR) is 148 cm³/mol. The number of piperazine rings is 1. The summed E-state index contributed by atoms with van der Waals surface area (Å²) in [5, 5.41) is 12.7. The third-order valence-electron chi connectivity index (χ3n) is 7.71. The number of nitrogens with zero attached hydrogens (tertiary/aromatic N) is 6. The van der Waals surface area contributed by atoms with Gasteiger partial charge in [-0.25, -0.2) is 9.97 Å². The van der Waals surface area contributed by atoms with Crippen LogP contribution in [0.25, 0.3) is 21.1 Å². The predicted octanol–water partition coefficient (Wildman–Crippen LogP) is 4.16. The van der Waals surface area contributed by atoms with E-state index in [2.05, 4.69) is 52.4 Å². The van der Waals surface area contributed by atoms with Gasteiger partial charge in [-0.05, 0) is 54.7 Å². The van der Waals surface area contributed by atoms with Crippen molar-refractivity contribution in [2.75, 3.05) is 31.5 Å². The van der Waals surface area contributed by atoms with Gasteiger partial charge in [-0.2, -0.15) is 5.10 Å². The molecule has 2 N–H and O–H groups in total. The van der Waals surface area contributed by atoms with Gasteiger partial charge in [0.1, 0.15) is 17.0 Å². The molecule has 1 aliphatic carbocycles. The van der Waals surface area contributed by atoms with Gasteiger partial charge in [0.25, 0.3) is 0 Å². The molecule has 0 bridgehead atoms. The minimum Gasteiger partial charge on any atom is -0.340 e. The first-order valence-corrected chi connectivity index (χ1v) is 13.9. The van der Waals surface area contributed by atoms with E-state index in [1.165, 1.54) is 16.0 Å². The standard InChI is InChI=1S/C28H28N8OS/c37-28(36-10-8-35(9-11-36)16-18-2-1-7-29-14-18)19-3-5-22-24(13-19)38-27-25(22)26(30-17-31-27)33-21-4-6-23-20(12-21)15-32-34-23/h1-2,4,6-7,12,14-15,17,19H,3,5,8-11,13,16H2,(H,32,34)(H,30,31,33)/t19-/m0/s1. The molecular weight excluding hydrogens is 496 g/mol. The van der Waals surface area contributed by atoms with Crippen molar-refractivity contribution in [3.05, 3.63) is 71.3 Å². The van der Waals surface area contributed by atoms with E-state index in [0.717, 1.165) is 84.6 Å². The first-order chi connectivity index (χ1) is 18.7. The monoisotopic (exact) mass is 524 g/mol. The van der Waals surface area contributed by atoms with E-state index in [1.54, 1.807) is 23.9 Å². The second kappa shape index (κ2) is 9.77. The number of thiophene rings is 1. The maximum atomic E-state index is 13.5. The van der Waals surface area contributed by atoms with Crippen LogP contribution in [0, 0.1) is 5.92 Å². The maximum Gasteiger partial charge on any atom is 0.226 e. The highest BCUT2D eigenvalue weighted by atomic mass is 32.1. The third kappa shape index (κ3) is 4.39. The number of aromatic amines is 1. The van der Waals surface area contributed by atoms with E-state index in [0.29, 0.717) is 5.91 Å². The Hall–Kier alpha value is -3.89. The molecule has 1 amide bonds. The molecule has 1 aromatic carbocycles. The molecule has 1 fully saturated rings. The van der Waals surface area contributed by atoms with Gasteiger partial charge in [0.15, 0.2) is 0 Å². The molecule has 9 nitrogen and oxygen atoms in total. The van der Waals surface area contributed by atoms with E-state index in [1.807, 2.05) is 30.6 Å². The first kappa shape index (κ1) is 23.2. The average Bonchev–Trinajstić information content (AvgIpc) is 3.58. The number of anilines is 2. The lowest BCUT2D eigenvalue weighted by Gasteiger charge is -2.37. The van der Waals surface area contributed by atoms with Gasteiger partial charge in [-0.1, -0.05) is 6.07 Å². The van der Waals surface area contributed by atoms with Crippen LogP contribution in [0.5, 0.6) is 0 Å². The Balaban J connectivity index is 1.05. The summed E-state index contributed by atoms with van der Waals surface area (Å²) >= 11 is 1.71. The number of H-pyrrole nitrogens is 1. The Labute approximate surface area is 223 Å². The van der Waals surface area contributed by atoms with Gasteiger partial charge >= 0.3 is 0 Å². The number of hydrogen-bond donors (Lipinski definition) is 2. The smallest absolute Gasteiger partial charge is 0.226 e. The van der Waals surface area contributed by atoms with Crippen LogP contribution in [0.2, 0.25) is 0 Å². The fraction of sp³-hybridized carbons (Fsp3) is 0.321. The second-order valence-corrected chi connectivity index (χ2v) is 11.2. The van der Waals surface area contributed by atoms with Gasteiger partial charge in [-0.15, -0.1) is 11.3 Å². The molecule has 0 unspecified atom stereocenters. The molecule has 1 aliphatic heterocycles. The zero-order valence-electron chi connectivity index (χ0n) is 20.9. The van der Waals surface area contributed by atoms with Crippen molar-refractivity contribution in [1.82, 2.24) is 34.9 Å². The van der Waals surface area contributed by atoms with Crippen LogP contribution in [0.15, 0.2) is 55.2 Å². The zero-order valence-corrected chi connectivity index (χ0v) is 21.7. The Morgan fingerprint density at radius 1 is 1.13 bits per heavy atom. The van der Waals surface area contributed by atoms with Crippen LogP contribution >= 0.6 is 11.3 Å². The number of aryl methyl sites for hydroxylation is 1. The van der Waals surface area contributed by atoms with Gasteiger partial charge in [0.05, 0.1) is 17.1 Å². The summed E-state index contributed by atoms with van der Waals surface area (Å²) < 4.78 is 0. The topological polar surface area (TPSA) is 103 Å². The lowest BCUT2D eigenvalue weighted by atomic mass is 9.86. The Kier molecular flexibility index (Phi) is 5.98. The average molecular weight is 525 g/mol. The Bertz CT molecular complexity index is 1610. The van der Waals surface area contributed by atoms with Gasteiger partial charge in [0.2, 0.25) is 5.91 Å². The van der Waals surface area contributed by atoms with Crippen LogP contribution in [0.4, 0.5) is 11.5 Å². The second-order valence-electron chi connectivity index (χ2n) is 10.1. The van der Waals surface area contributed by atoms with Crippen LogP contribution in [-0.2, 0) is 24.2 Å². The minimum atomic E-state index is 0.0355. The molecule has 10 heteroatoms. The van der Waals surface area contributed by atoms with Gasteiger partial charge in [-0.3, -0.25) is 19.8 Å². The normalized spacial score (nSPS) is 18.1. The summed E-state index contributed by atoms with van der Waals surface area (Å²) in [7, 11) is 0. The number of fused-ring (bicyclic) bond motifs is 4. The van der Waals surface area contributed by atoms with Gasteiger partial charge < -0.3 is 10.2 Å². The number of pyridine rings is 1. The van der Waals surface area contributed by atoms with Crippen molar-refractivity contribution in [2.45, 2.75) is 25.8 Å². The number of benzene rings is 1. The molecular formula is C28H28N8OS. The lowest BCUT2D eigenvalue weighted by Crippen LogP contribution is -2.50. The maximum absolute atomic E-state index is 13.5. The summed E-state index contributed by atoms with van der Waals surface area (Å²) in [6, 6.07) is 10.2. The summed E-state index contributed by atoms with van der Waals surface area (Å²) in [5.41, 5.74) is 4.48. The van der Waals surface area contributed by atoms with Crippen LogP contribution in [0.1, 0.15) is 22.4 Å². The van der Waals surface area contributed by atoms with E-state index in [-0.39, 0.29) is 5.92 Å². The molecule has 2 aliphatic rings. The number of hydrogen-bond acceptors (Lipinski definition) is 8. The van der Waals surface area contributed by atoms with E-state index in [9.17, 15) is 4.79 Å². The minimum absolute atomic E-state index is 0.0355. The number of carbonyl (C=O) groups is 1. The highest BCUT2D eigenvalue weighted by Gasteiger charge is 2.33. The van der Waals surface area contributed by atoms with Crippen LogP contribution in [-0.4, -0.2) is 67.0 Å². The third-order valence-corrected chi connectivity index (χ3v) is 8.87. The van der Waals surface area contributed by atoms with Gasteiger partial charge in [0, 0.05) is 67.0 Å². The molecule has 0 spiro atoms. The molecule has 1 atom stereocenters. The summed E-state index contributed by atoms with van der Waals surface area (Å²) in [5.74, 6) is 1.16. The van der Waals surface area contributed by atoms with Crippen molar-refractivity contribution in [1.29, 1.82) is 0 Å². The molecule has 192 valence electrons. The number of aromatic nitrogens is 5. The zero-order chi connectivity index (χ0) is 25.5. The summed E-state index contributed by atoms with van der Waals surface area (Å²) in [6.07, 6.45) is 9.68. The lowest BCUT2D eigenvalue weighted by molar-refractivity contribution is -0.137. The molecule has 4 aromatic heterocycles. The molecule has 38 heavy (non-hydrogen) atoms. The molecule has 0 radical (unpaired) electrons. The molecule has 5 aromatic rings. The molecule has 1 saturated heterocycles. The number of carbonyl (C=O) groups excluding carboxylic acids is 1. The van der Waals surface area contributed by atoms with Crippen molar-refractivity contribution < 1.29 is 4.79 Å². The van der Waals surface area contributed by atoms with Crippen LogP contribution < -0.4 is 5.32 Å². The molecule has 0 saturated carbocycles. The van der Waals surface area contributed by atoms with E-state index < -0.39 is 0 Å². The molecule has 5 heterocycles. The van der Waals surface area contributed by atoms with E-state index in [4.69, 9.17) is 0 Å². The Morgan fingerprint density at radius 3 is 2.92 bits per heavy atom. The molecule has 7 rings (SSSR count). The number of amides is 1. The Morgan fingerprint density at radius 2 is 2.05 bits per heavy atom. The number of nitrogens with one attached hydrogen (secondary N) is 2. The highest BCUT2D eigenvalue weighted by molar-refractivity contribution is 7.19. The van der Waals surface area contributed by atoms with Crippen LogP contribution in [0.3, 0.4) is 0 Å². The first-order valence-electron chi connectivity index (χ1n) is 13.1. The van der Waals surface area contributed by atoms with Crippen molar-refractivity contribution in [2.24, 2.45) is 5.92 Å². The summed E-state index contributed by atoms with van der Waals surface area (Å²) in [4.78, 5) is 33.6. The number of rotatable bonds is 5. The van der Waals surface area contributed by atoms with Crippen molar-refractivity contribution in [3.63, 3.8) is 0 Å². The van der Waals surface area contributed by atoms with E-state index >= 15 is 0 Å². The van der Waals surface area contributed by atoms with Crippen molar-refractivity contribution in [3.8, 4) is 0 Å². The fourth-order valence-electron chi connectivity index (χ4n) is 5.71. The highest BCUT2D eigenvalue weighted by Crippen LogP contribution is 2.41. The van der Waals surface area contributed by atoms with Crippen molar-refractivity contribution >= 4 is 49.9 Å². The SMILES string of the molecule is O=C([C@H]1CCc2c(sc3ncnc(Nc4ccc5[nH]ncc5c4)c23)C1)N1CCN(Cc2cccnc2)CC1. The largest absolute Gasteiger partial charge is 0.340 e. The quantitative estimate of drug-likeness (QED) is 0.356. The summed E-state index contributed by atoms with van der Waals surface area (Å²) in [6.45, 7) is 4.26. The fourth-order valence-corrected chi connectivity index (χ4v) is 6.97.